The summed E-state index contributed by atoms with van der Waals surface area (Å²) < 4.78 is 46.9. The van der Waals surface area contributed by atoms with Crippen LogP contribution >= 0.6 is 0 Å². The lowest BCUT2D eigenvalue weighted by atomic mass is 10.1. The van der Waals surface area contributed by atoms with Crippen LogP contribution in [0.25, 0.3) is 11.0 Å². The molecule has 0 spiro atoms. The van der Waals surface area contributed by atoms with Crippen molar-refractivity contribution in [2.24, 2.45) is 4.40 Å². The third kappa shape index (κ3) is 6.12. The number of guanidine groups is 1. The van der Waals surface area contributed by atoms with E-state index in [0.29, 0.717) is 28.3 Å². The van der Waals surface area contributed by atoms with Gasteiger partial charge in [-0.25, -0.2) is 18.4 Å². The molecule has 0 unspecified atom stereocenters. The van der Waals surface area contributed by atoms with Crippen LogP contribution in [0.2, 0.25) is 0 Å². The Morgan fingerprint density at radius 2 is 1.62 bits per heavy atom. The highest BCUT2D eigenvalue weighted by Gasteiger charge is 2.30. The van der Waals surface area contributed by atoms with Gasteiger partial charge in [-0.15, -0.1) is 4.40 Å². The van der Waals surface area contributed by atoms with Gasteiger partial charge in [0.1, 0.15) is 23.0 Å². The standard InChI is InChI=1S/C26H29N7O6S/c1-15-13-27-24(28-14-15)16(2)17(3)40(35,36)33-26(29-23-20(37-4)11-8-12-21(23)38-5)31-30-25(34)22-18-9-6-7-10-19(18)39-32-22/h6-14,16-17H,1-5H3,(H,30,34)(H2,29,31,33)/t16-,17-/m0/s1. The van der Waals surface area contributed by atoms with Crippen LogP contribution < -0.4 is 25.6 Å². The number of hydrogen-bond donors (Lipinski definition) is 3. The summed E-state index contributed by atoms with van der Waals surface area (Å²) in [5, 5.41) is 6.15. The Bertz CT molecular complexity index is 1610. The second-order valence-electron chi connectivity index (χ2n) is 8.84. The number of para-hydroxylation sites is 2. The molecular weight excluding hydrogens is 538 g/mol. The summed E-state index contributed by atoms with van der Waals surface area (Å²) in [5.74, 6) is -0.556. The summed E-state index contributed by atoms with van der Waals surface area (Å²) >= 11 is 0. The van der Waals surface area contributed by atoms with Crippen LogP contribution in [0.1, 0.15) is 41.6 Å². The SMILES string of the molecule is COc1cccc(OC)c1NC(=NS(=O)(=O)[C@@H](C)[C@H](C)c1ncc(C)cn1)NNC(=O)c1noc2ccccc12. The van der Waals surface area contributed by atoms with Gasteiger partial charge in [0.15, 0.2) is 11.3 Å². The van der Waals surface area contributed by atoms with E-state index in [1.807, 2.05) is 6.92 Å². The molecule has 4 aromatic rings. The summed E-state index contributed by atoms with van der Waals surface area (Å²) in [6.07, 6.45) is 3.24. The summed E-state index contributed by atoms with van der Waals surface area (Å²) in [6, 6.07) is 11.8. The number of hydrogen-bond acceptors (Lipinski definition) is 9. The van der Waals surface area contributed by atoms with Gasteiger partial charge in [0.05, 0.1) is 24.9 Å². The smallest absolute Gasteiger partial charge is 0.292 e. The third-order valence-corrected chi connectivity index (χ3v) is 7.94. The van der Waals surface area contributed by atoms with Gasteiger partial charge in [0.2, 0.25) is 5.96 Å². The van der Waals surface area contributed by atoms with Gasteiger partial charge in [-0.05, 0) is 43.7 Å². The number of hydrazine groups is 1. The lowest BCUT2D eigenvalue weighted by Gasteiger charge is -2.20. The quantitative estimate of drug-likeness (QED) is 0.162. The molecule has 3 N–H and O–H groups in total. The Hall–Kier alpha value is -4.72. The van der Waals surface area contributed by atoms with E-state index in [2.05, 4.69) is 35.7 Å². The fraction of sp³-hybridized carbons (Fsp3) is 0.269. The molecule has 0 bridgehead atoms. The van der Waals surface area contributed by atoms with Crippen molar-refractivity contribution in [3.8, 4) is 11.5 Å². The average Bonchev–Trinajstić information content (AvgIpc) is 3.39. The summed E-state index contributed by atoms with van der Waals surface area (Å²) in [5.41, 5.74) is 6.52. The van der Waals surface area contributed by atoms with Crippen molar-refractivity contribution in [1.29, 1.82) is 0 Å². The maximum atomic E-state index is 13.4. The number of nitrogens with zero attached hydrogens (tertiary/aromatic N) is 4. The fourth-order valence-corrected chi connectivity index (χ4v) is 4.86. The van der Waals surface area contributed by atoms with Crippen LogP contribution in [0.5, 0.6) is 11.5 Å². The molecule has 13 nitrogen and oxygen atoms in total. The van der Waals surface area contributed by atoms with Crippen molar-refractivity contribution in [1.82, 2.24) is 26.0 Å². The maximum absolute atomic E-state index is 13.4. The van der Waals surface area contributed by atoms with Crippen molar-refractivity contribution in [2.75, 3.05) is 19.5 Å². The number of fused-ring (bicyclic) bond motifs is 1. The Morgan fingerprint density at radius 1 is 0.975 bits per heavy atom. The van der Waals surface area contributed by atoms with E-state index in [1.54, 1.807) is 61.8 Å². The number of anilines is 1. The number of benzene rings is 2. The van der Waals surface area contributed by atoms with E-state index in [4.69, 9.17) is 14.0 Å². The van der Waals surface area contributed by atoms with Crippen LogP contribution in [0, 0.1) is 6.92 Å². The Morgan fingerprint density at radius 3 is 2.27 bits per heavy atom. The number of aromatic nitrogens is 3. The van der Waals surface area contributed by atoms with Crippen molar-refractivity contribution >= 4 is 38.5 Å². The van der Waals surface area contributed by atoms with Crippen LogP contribution in [-0.4, -0.2) is 54.9 Å². The molecule has 2 atom stereocenters. The zero-order chi connectivity index (χ0) is 28.9. The molecule has 2 aromatic carbocycles. The van der Waals surface area contributed by atoms with Gasteiger partial charge in [-0.1, -0.05) is 30.3 Å². The highest BCUT2D eigenvalue weighted by molar-refractivity contribution is 7.90. The summed E-state index contributed by atoms with van der Waals surface area (Å²) in [4.78, 5) is 21.5. The summed E-state index contributed by atoms with van der Waals surface area (Å²) in [7, 11) is -1.30. The molecule has 0 aliphatic rings. The number of amides is 1. The number of carbonyl (C=O) groups is 1. The van der Waals surface area contributed by atoms with E-state index in [1.165, 1.54) is 21.1 Å². The van der Waals surface area contributed by atoms with Crippen LogP contribution in [0.15, 0.2) is 63.8 Å². The van der Waals surface area contributed by atoms with Gasteiger partial charge in [-0.2, -0.15) is 0 Å². The van der Waals surface area contributed by atoms with Crippen LogP contribution in [0.3, 0.4) is 0 Å². The molecule has 0 fully saturated rings. The third-order valence-electron chi connectivity index (χ3n) is 6.16. The highest BCUT2D eigenvalue weighted by Crippen LogP contribution is 2.34. The Balaban J connectivity index is 1.66. The van der Waals surface area contributed by atoms with Crippen molar-refractivity contribution in [2.45, 2.75) is 31.9 Å². The first-order valence-corrected chi connectivity index (χ1v) is 13.7. The number of aryl methyl sites for hydroxylation is 1. The zero-order valence-corrected chi connectivity index (χ0v) is 23.3. The molecule has 0 radical (unpaired) electrons. The molecule has 2 heterocycles. The van der Waals surface area contributed by atoms with E-state index in [9.17, 15) is 13.2 Å². The first-order chi connectivity index (χ1) is 19.1. The molecule has 210 valence electrons. The first-order valence-electron chi connectivity index (χ1n) is 12.2. The zero-order valence-electron chi connectivity index (χ0n) is 22.5. The molecule has 4 rings (SSSR count). The molecule has 0 saturated heterocycles. The van der Waals surface area contributed by atoms with Gasteiger partial charge in [-0.3, -0.25) is 15.6 Å². The molecule has 0 aliphatic carbocycles. The Kier molecular flexibility index (Phi) is 8.48. The number of ether oxygens (including phenoxy) is 2. The second kappa shape index (κ2) is 12.0. The van der Waals surface area contributed by atoms with Crippen molar-refractivity contribution in [3.63, 3.8) is 0 Å². The van der Waals surface area contributed by atoms with Crippen LogP contribution in [0.4, 0.5) is 5.69 Å². The van der Waals surface area contributed by atoms with Gasteiger partial charge in [0.25, 0.3) is 15.9 Å². The summed E-state index contributed by atoms with van der Waals surface area (Å²) in [6.45, 7) is 5.04. The van der Waals surface area contributed by atoms with Gasteiger partial charge in [0, 0.05) is 18.3 Å². The second-order valence-corrected chi connectivity index (χ2v) is 10.8. The molecule has 2 aromatic heterocycles. The predicted octanol–water partition coefficient (Wildman–Crippen LogP) is 3.17. The monoisotopic (exact) mass is 567 g/mol. The van der Waals surface area contributed by atoms with E-state index in [-0.39, 0.29) is 17.3 Å². The lowest BCUT2D eigenvalue weighted by molar-refractivity contribution is 0.0936. The average molecular weight is 568 g/mol. The van der Waals surface area contributed by atoms with Gasteiger partial charge < -0.3 is 19.3 Å². The maximum Gasteiger partial charge on any atom is 0.292 e. The van der Waals surface area contributed by atoms with E-state index in [0.717, 1.165) is 5.56 Å². The van der Waals surface area contributed by atoms with E-state index >= 15 is 0 Å². The number of rotatable bonds is 8. The van der Waals surface area contributed by atoms with E-state index < -0.39 is 27.1 Å². The van der Waals surface area contributed by atoms with Crippen LogP contribution in [-0.2, 0) is 10.0 Å². The molecule has 1 amide bonds. The van der Waals surface area contributed by atoms with Gasteiger partial charge >= 0.3 is 0 Å². The molecule has 40 heavy (non-hydrogen) atoms. The fourth-order valence-electron chi connectivity index (χ4n) is 3.71. The molecule has 0 aliphatic heterocycles. The molecular formula is C26H29N7O6S. The predicted molar refractivity (Wildman–Crippen MR) is 149 cm³/mol. The minimum Gasteiger partial charge on any atom is -0.494 e. The Labute approximate surface area is 231 Å². The minimum atomic E-state index is -4.20. The number of methoxy groups -OCH3 is 2. The van der Waals surface area contributed by atoms with Crippen molar-refractivity contribution in [3.05, 3.63) is 71.9 Å². The normalized spacial score (nSPS) is 13.4. The first kappa shape index (κ1) is 28.3. The lowest BCUT2D eigenvalue weighted by Crippen LogP contribution is -2.46. The molecule has 0 saturated carbocycles. The largest absolute Gasteiger partial charge is 0.494 e. The highest BCUT2D eigenvalue weighted by atomic mass is 32.2. The minimum absolute atomic E-state index is 0.00121. The number of carbonyl (C=O) groups excluding carboxylic acids is 1. The van der Waals surface area contributed by atoms with Crippen molar-refractivity contribution < 1.29 is 27.2 Å². The topological polar surface area (TPSA) is 170 Å². The molecule has 14 heteroatoms. The number of sulfonamides is 1. The number of nitrogens with one attached hydrogen (secondary N) is 3.